The maximum absolute atomic E-state index is 11.6. The van der Waals surface area contributed by atoms with Gasteiger partial charge in [-0.3, -0.25) is 4.79 Å². The average molecular weight is 205 g/mol. The molecule has 5 nitrogen and oxygen atoms in total. The Balaban J connectivity index is 2.59. The SMILES string of the molecule is CN(C)C(=O)c1cc(O)c2nc[nH]c2c1. The monoisotopic (exact) mass is 205 g/mol. The third-order valence-corrected chi connectivity index (χ3v) is 2.16. The second kappa shape index (κ2) is 3.27. The molecule has 1 aromatic carbocycles. The molecule has 0 saturated heterocycles. The Morgan fingerprint density at radius 3 is 2.87 bits per heavy atom. The van der Waals surface area contributed by atoms with Gasteiger partial charge in [-0.25, -0.2) is 4.98 Å². The lowest BCUT2D eigenvalue weighted by Crippen LogP contribution is -2.21. The van der Waals surface area contributed by atoms with Gasteiger partial charge in [0.15, 0.2) is 0 Å². The van der Waals surface area contributed by atoms with Crippen molar-refractivity contribution >= 4 is 16.9 Å². The van der Waals surface area contributed by atoms with Gasteiger partial charge in [0.25, 0.3) is 5.91 Å². The Hall–Kier alpha value is -2.04. The van der Waals surface area contributed by atoms with E-state index in [0.29, 0.717) is 16.6 Å². The molecule has 2 rings (SSSR count). The first-order chi connectivity index (χ1) is 7.09. The van der Waals surface area contributed by atoms with E-state index in [9.17, 15) is 9.90 Å². The summed E-state index contributed by atoms with van der Waals surface area (Å²) in [5.41, 5.74) is 1.57. The molecule has 0 aliphatic rings. The Labute approximate surface area is 86.4 Å². The molecular formula is C10H11N3O2. The number of aromatic amines is 1. The van der Waals surface area contributed by atoms with Crippen molar-refractivity contribution < 1.29 is 9.90 Å². The molecule has 0 fully saturated rings. The van der Waals surface area contributed by atoms with Crippen molar-refractivity contribution in [2.24, 2.45) is 0 Å². The topological polar surface area (TPSA) is 69.2 Å². The van der Waals surface area contributed by atoms with E-state index in [4.69, 9.17) is 0 Å². The lowest BCUT2D eigenvalue weighted by atomic mass is 10.1. The van der Waals surface area contributed by atoms with Gasteiger partial charge in [-0.05, 0) is 12.1 Å². The Morgan fingerprint density at radius 1 is 1.47 bits per heavy atom. The number of nitrogens with zero attached hydrogens (tertiary/aromatic N) is 2. The summed E-state index contributed by atoms with van der Waals surface area (Å²) < 4.78 is 0. The number of phenolic OH excluding ortho intramolecular Hbond substituents is 1. The molecule has 78 valence electrons. The minimum Gasteiger partial charge on any atom is -0.506 e. The van der Waals surface area contributed by atoms with Crippen molar-refractivity contribution in [2.75, 3.05) is 14.1 Å². The number of benzene rings is 1. The molecule has 0 aliphatic carbocycles. The minimum absolute atomic E-state index is 0.0129. The molecule has 0 radical (unpaired) electrons. The van der Waals surface area contributed by atoms with Crippen molar-refractivity contribution in [1.29, 1.82) is 0 Å². The van der Waals surface area contributed by atoms with Gasteiger partial charge in [-0.1, -0.05) is 0 Å². The molecule has 0 saturated carbocycles. The van der Waals surface area contributed by atoms with Crippen LogP contribution in [0.3, 0.4) is 0 Å². The number of carbonyl (C=O) groups is 1. The molecule has 15 heavy (non-hydrogen) atoms. The van der Waals surface area contributed by atoms with Gasteiger partial charge in [0.2, 0.25) is 0 Å². The summed E-state index contributed by atoms with van der Waals surface area (Å²) in [4.78, 5) is 19.9. The van der Waals surface area contributed by atoms with Gasteiger partial charge < -0.3 is 15.0 Å². The van der Waals surface area contributed by atoms with Crippen LogP contribution in [0.25, 0.3) is 11.0 Å². The number of phenols is 1. The van der Waals surface area contributed by atoms with Crippen LogP contribution in [0.4, 0.5) is 0 Å². The van der Waals surface area contributed by atoms with Crippen LogP contribution < -0.4 is 0 Å². The number of amides is 1. The number of aromatic nitrogens is 2. The summed E-state index contributed by atoms with van der Waals surface area (Å²) >= 11 is 0. The number of aromatic hydroxyl groups is 1. The third-order valence-electron chi connectivity index (χ3n) is 2.16. The van der Waals surface area contributed by atoms with Crippen LogP contribution >= 0.6 is 0 Å². The number of fused-ring (bicyclic) bond motifs is 1. The first-order valence-electron chi connectivity index (χ1n) is 4.47. The van der Waals surface area contributed by atoms with E-state index in [-0.39, 0.29) is 11.7 Å². The van der Waals surface area contributed by atoms with Gasteiger partial charge in [-0.2, -0.15) is 0 Å². The zero-order valence-electron chi connectivity index (χ0n) is 8.48. The fraction of sp³-hybridized carbons (Fsp3) is 0.200. The standard InChI is InChI=1S/C10H11N3O2/c1-13(2)10(15)6-3-7-9(8(14)4-6)12-5-11-7/h3-5,14H,1-2H3,(H,11,12). The van der Waals surface area contributed by atoms with Crippen LogP contribution in [0.1, 0.15) is 10.4 Å². The maximum atomic E-state index is 11.6. The first kappa shape index (κ1) is 9.51. The molecule has 0 unspecified atom stereocenters. The Morgan fingerprint density at radius 2 is 2.20 bits per heavy atom. The third kappa shape index (κ3) is 1.52. The zero-order chi connectivity index (χ0) is 11.0. The summed E-state index contributed by atoms with van der Waals surface area (Å²) in [5, 5.41) is 9.62. The second-order valence-electron chi connectivity index (χ2n) is 3.49. The smallest absolute Gasteiger partial charge is 0.253 e. The summed E-state index contributed by atoms with van der Waals surface area (Å²) in [5.74, 6) is -0.138. The lowest BCUT2D eigenvalue weighted by Gasteiger charge is -2.10. The molecular weight excluding hydrogens is 194 g/mol. The van der Waals surface area contributed by atoms with Gasteiger partial charge in [0.05, 0.1) is 11.8 Å². The Bertz CT molecular complexity index is 516. The van der Waals surface area contributed by atoms with Crippen LogP contribution in [0.2, 0.25) is 0 Å². The highest BCUT2D eigenvalue weighted by Gasteiger charge is 2.12. The van der Waals surface area contributed by atoms with Crippen LogP contribution in [0, 0.1) is 0 Å². The summed E-state index contributed by atoms with van der Waals surface area (Å²) in [7, 11) is 3.33. The number of hydrogen-bond acceptors (Lipinski definition) is 3. The molecule has 0 bridgehead atoms. The van der Waals surface area contributed by atoms with Gasteiger partial charge in [0.1, 0.15) is 11.3 Å². The second-order valence-corrected chi connectivity index (χ2v) is 3.49. The number of hydrogen-bond donors (Lipinski definition) is 2. The maximum Gasteiger partial charge on any atom is 0.253 e. The van der Waals surface area contributed by atoms with Gasteiger partial charge in [-0.15, -0.1) is 0 Å². The lowest BCUT2D eigenvalue weighted by molar-refractivity contribution is 0.0827. The Kier molecular flexibility index (Phi) is 2.07. The molecule has 0 aliphatic heterocycles. The highest BCUT2D eigenvalue weighted by atomic mass is 16.3. The molecule has 1 heterocycles. The van der Waals surface area contributed by atoms with Crippen molar-refractivity contribution in [3.63, 3.8) is 0 Å². The molecule has 5 heteroatoms. The van der Waals surface area contributed by atoms with E-state index in [0.717, 1.165) is 0 Å². The molecule has 2 aromatic rings. The molecule has 2 N–H and O–H groups in total. The zero-order valence-corrected chi connectivity index (χ0v) is 8.48. The molecule has 1 amide bonds. The largest absolute Gasteiger partial charge is 0.506 e. The van der Waals surface area contributed by atoms with Crippen molar-refractivity contribution in [3.8, 4) is 5.75 Å². The van der Waals surface area contributed by atoms with Crippen LogP contribution in [0.5, 0.6) is 5.75 Å². The normalized spacial score (nSPS) is 10.5. The highest BCUT2D eigenvalue weighted by molar-refractivity contribution is 5.98. The fourth-order valence-corrected chi connectivity index (χ4v) is 1.41. The minimum atomic E-state index is -0.151. The number of nitrogens with one attached hydrogen (secondary N) is 1. The first-order valence-corrected chi connectivity index (χ1v) is 4.47. The predicted octanol–water partition coefficient (Wildman–Crippen LogP) is 0.970. The van der Waals surface area contributed by atoms with E-state index >= 15 is 0 Å². The molecule has 1 aromatic heterocycles. The predicted molar refractivity (Wildman–Crippen MR) is 55.8 cm³/mol. The summed E-state index contributed by atoms with van der Waals surface area (Å²) in [6.07, 6.45) is 1.48. The van der Waals surface area contributed by atoms with Crippen molar-refractivity contribution in [3.05, 3.63) is 24.0 Å². The van der Waals surface area contributed by atoms with E-state index in [1.807, 2.05) is 0 Å². The van der Waals surface area contributed by atoms with E-state index in [2.05, 4.69) is 9.97 Å². The van der Waals surface area contributed by atoms with Crippen LogP contribution in [-0.4, -0.2) is 40.0 Å². The number of carbonyl (C=O) groups excluding carboxylic acids is 1. The van der Waals surface area contributed by atoms with Gasteiger partial charge >= 0.3 is 0 Å². The molecule has 0 spiro atoms. The highest BCUT2D eigenvalue weighted by Crippen LogP contribution is 2.23. The quantitative estimate of drug-likeness (QED) is 0.728. The van der Waals surface area contributed by atoms with E-state index < -0.39 is 0 Å². The van der Waals surface area contributed by atoms with Crippen LogP contribution in [-0.2, 0) is 0 Å². The summed E-state index contributed by atoms with van der Waals surface area (Å²) in [6, 6.07) is 3.09. The van der Waals surface area contributed by atoms with Gasteiger partial charge in [0, 0.05) is 19.7 Å². The van der Waals surface area contributed by atoms with Crippen molar-refractivity contribution in [1.82, 2.24) is 14.9 Å². The molecule has 0 atom stereocenters. The van der Waals surface area contributed by atoms with Crippen molar-refractivity contribution in [2.45, 2.75) is 0 Å². The van der Waals surface area contributed by atoms with E-state index in [1.54, 1.807) is 20.2 Å². The fourth-order valence-electron chi connectivity index (χ4n) is 1.41. The number of H-pyrrole nitrogens is 1. The number of imidazole rings is 1. The summed E-state index contributed by atoms with van der Waals surface area (Å²) in [6.45, 7) is 0. The van der Waals surface area contributed by atoms with E-state index in [1.165, 1.54) is 17.3 Å². The van der Waals surface area contributed by atoms with Crippen LogP contribution in [0.15, 0.2) is 18.5 Å². The number of rotatable bonds is 1. The average Bonchev–Trinajstić information content (AvgIpc) is 2.64.